The fraction of sp³-hybridized carbons (Fsp3) is 0.444. The van der Waals surface area contributed by atoms with Crippen molar-refractivity contribution >= 4 is 11.8 Å². The topological polar surface area (TPSA) is 45.8 Å². The van der Waals surface area contributed by atoms with Crippen LogP contribution in [0.15, 0.2) is 40.3 Å². The van der Waals surface area contributed by atoms with Crippen molar-refractivity contribution in [3.8, 4) is 0 Å². The quantitative estimate of drug-likeness (QED) is 0.660. The van der Waals surface area contributed by atoms with Crippen LogP contribution in [0.3, 0.4) is 0 Å². The molecule has 0 aliphatic rings. The molecule has 1 N–H and O–H groups in total. The van der Waals surface area contributed by atoms with Crippen LogP contribution in [0.2, 0.25) is 0 Å². The molecular formula is C18H24N2OS. The number of thioether (sulfide) groups is 1. The van der Waals surface area contributed by atoms with Crippen molar-refractivity contribution in [1.82, 2.24) is 9.97 Å². The average Bonchev–Trinajstić information content (AvgIpc) is 2.44. The van der Waals surface area contributed by atoms with Crippen LogP contribution in [-0.2, 0) is 17.6 Å². The maximum atomic E-state index is 11.6. The van der Waals surface area contributed by atoms with Crippen molar-refractivity contribution in [1.29, 1.82) is 0 Å². The van der Waals surface area contributed by atoms with Crippen molar-refractivity contribution in [3.05, 3.63) is 57.5 Å². The molecule has 0 aliphatic heterocycles. The predicted molar refractivity (Wildman–Crippen MR) is 93.6 cm³/mol. The van der Waals surface area contributed by atoms with Crippen LogP contribution in [-0.4, -0.2) is 9.97 Å². The highest BCUT2D eigenvalue weighted by molar-refractivity contribution is 7.98. The molecule has 0 spiro atoms. The van der Waals surface area contributed by atoms with Gasteiger partial charge in [0.15, 0.2) is 5.16 Å². The molecule has 0 aliphatic carbocycles. The first kappa shape index (κ1) is 16.8. The van der Waals surface area contributed by atoms with E-state index >= 15 is 0 Å². The van der Waals surface area contributed by atoms with Crippen molar-refractivity contribution in [2.75, 3.05) is 0 Å². The van der Waals surface area contributed by atoms with Gasteiger partial charge in [-0.05, 0) is 23.0 Å². The number of hydrogen-bond acceptors (Lipinski definition) is 3. The van der Waals surface area contributed by atoms with E-state index in [0.29, 0.717) is 5.16 Å². The van der Waals surface area contributed by atoms with Gasteiger partial charge in [0.25, 0.3) is 5.56 Å². The van der Waals surface area contributed by atoms with Crippen LogP contribution in [0.1, 0.15) is 50.9 Å². The minimum Gasteiger partial charge on any atom is -0.301 e. The Labute approximate surface area is 136 Å². The lowest BCUT2D eigenvalue weighted by Crippen LogP contribution is -2.11. The van der Waals surface area contributed by atoms with Crippen LogP contribution in [0.4, 0.5) is 0 Å². The molecule has 118 valence electrons. The summed E-state index contributed by atoms with van der Waals surface area (Å²) in [5, 5.41) is 0.704. The summed E-state index contributed by atoms with van der Waals surface area (Å²) in [5.41, 5.74) is 3.55. The van der Waals surface area contributed by atoms with E-state index in [-0.39, 0.29) is 11.0 Å². The third-order valence-electron chi connectivity index (χ3n) is 3.47. The number of rotatable bonds is 5. The van der Waals surface area contributed by atoms with Crippen molar-refractivity contribution in [2.24, 2.45) is 0 Å². The van der Waals surface area contributed by atoms with Crippen LogP contribution in [0.5, 0.6) is 0 Å². The molecule has 0 saturated carbocycles. The summed E-state index contributed by atoms with van der Waals surface area (Å²) < 4.78 is 0. The van der Waals surface area contributed by atoms with Gasteiger partial charge in [-0.1, -0.05) is 70.1 Å². The SMILES string of the molecule is CCCc1cc(=O)[nH]c(SCc2ccc(C(C)(C)C)cc2)n1. The maximum absolute atomic E-state index is 11.6. The molecule has 22 heavy (non-hydrogen) atoms. The average molecular weight is 316 g/mol. The summed E-state index contributed by atoms with van der Waals surface area (Å²) in [4.78, 5) is 19.0. The standard InChI is InChI=1S/C18H24N2OS/c1-5-6-15-11-16(21)20-17(19-15)22-12-13-7-9-14(10-8-13)18(2,3)4/h7-11H,5-6,12H2,1-4H3,(H,19,20,21). The van der Waals surface area contributed by atoms with E-state index in [2.05, 4.69) is 61.9 Å². The van der Waals surface area contributed by atoms with Gasteiger partial charge in [-0.15, -0.1) is 0 Å². The van der Waals surface area contributed by atoms with E-state index in [1.54, 1.807) is 17.8 Å². The first-order chi connectivity index (χ1) is 10.4. The lowest BCUT2D eigenvalue weighted by atomic mass is 9.87. The summed E-state index contributed by atoms with van der Waals surface area (Å²) in [6.07, 6.45) is 1.84. The smallest absolute Gasteiger partial charge is 0.251 e. The Kier molecular flexibility index (Phi) is 5.46. The van der Waals surface area contributed by atoms with E-state index in [1.165, 1.54) is 11.1 Å². The molecule has 0 unspecified atom stereocenters. The number of aryl methyl sites for hydroxylation is 1. The third-order valence-corrected chi connectivity index (χ3v) is 4.42. The fourth-order valence-corrected chi connectivity index (χ4v) is 3.04. The summed E-state index contributed by atoms with van der Waals surface area (Å²) >= 11 is 1.57. The van der Waals surface area contributed by atoms with Gasteiger partial charge >= 0.3 is 0 Å². The zero-order valence-corrected chi connectivity index (χ0v) is 14.6. The maximum Gasteiger partial charge on any atom is 0.251 e. The number of aromatic amines is 1. The van der Waals surface area contributed by atoms with Crippen LogP contribution in [0.25, 0.3) is 0 Å². The van der Waals surface area contributed by atoms with E-state index in [1.807, 2.05) is 0 Å². The fourth-order valence-electron chi connectivity index (χ4n) is 2.19. The number of nitrogens with one attached hydrogen (secondary N) is 1. The molecule has 0 amide bonds. The molecule has 2 rings (SSSR count). The molecule has 0 saturated heterocycles. The monoisotopic (exact) mass is 316 g/mol. The highest BCUT2D eigenvalue weighted by atomic mass is 32.2. The minimum absolute atomic E-state index is 0.0657. The molecular weight excluding hydrogens is 292 g/mol. The number of hydrogen-bond donors (Lipinski definition) is 1. The Balaban J connectivity index is 2.05. The molecule has 1 heterocycles. The van der Waals surface area contributed by atoms with Gasteiger partial charge in [-0.3, -0.25) is 4.79 Å². The van der Waals surface area contributed by atoms with Crippen LogP contribution < -0.4 is 5.56 Å². The van der Waals surface area contributed by atoms with Gasteiger partial charge in [-0.25, -0.2) is 4.98 Å². The lowest BCUT2D eigenvalue weighted by Gasteiger charge is -2.19. The van der Waals surface area contributed by atoms with Crippen molar-refractivity contribution in [2.45, 2.75) is 56.9 Å². The normalized spacial score (nSPS) is 11.6. The Morgan fingerprint density at radius 1 is 1.18 bits per heavy atom. The van der Waals surface area contributed by atoms with Gasteiger partial charge in [0, 0.05) is 17.5 Å². The first-order valence-electron chi connectivity index (χ1n) is 7.71. The van der Waals surface area contributed by atoms with Crippen molar-refractivity contribution < 1.29 is 0 Å². The van der Waals surface area contributed by atoms with Gasteiger partial charge in [0.1, 0.15) is 0 Å². The highest BCUT2D eigenvalue weighted by Gasteiger charge is 2.12. The minimum atomic E-state index is -0.0657. The summed E-state index contributed by atoms with van der Waals surface area (Å²) in [6, 6.07) is 10.3. The summed E-state index contributed by atoms with van der Waals surface area (Å²) in [7, 11) is 0. The van der Waals surface area contributed by atoms with E-state index in [4.69, 9.17) is 0 Å². The second-order valence-corrected chi connectivity index (χ2v) is 7.49. The Morgan fingerprint density at radius 2 is 1.86 bits per heavy atom. The molecule has 2 aromatic rings. The molecule has 0 atom stereocenters. The predicted octanol–water partition coefficient (Wildman–Crippen LogP) is 4.31. The molecule has 0 fully saturated rings. The Bertz CT molecular complexity index is 669. The van der Waals surface area contributed by atoms with Gasteiger partial charge in [0.05, 0.1) is 0 Å². The van der Waals surface area contributed by atoms with E-state index in [9.17, 15) is 4.79 Å². The van der Waals surface area contributed by atoms with Gasteiger partial charge < -0.3 is 4.98 Å². The third kappa shape index (κ3) is 4.73. The zero-order valence-electron chi connectivity index (χ0n) is 13.8. The number of nitrogens with zero attached hydrogens (tertiary/aromatic N) is 1. The van der Waals surface area contributed by atoms with Crippen molar-refractivity contribution in [3.63, 3.8) is 0 Å². The second kappa shape index (κ2) is 7.14. The summed E-state index contributed by atoms with van der Waals surface area (Å²) in [6.45, 7) is 8.73. The number of benzene rings is 1. The van der Waals surface area contributed by atoms with Crippen LogP contribution in [0, 0.1) is 0 Å². The number of aromatic nitrogens is 2. The highest BCUT2D eigenvalue weighted by Crippen LogP contribution is 2.24. The Hall–Kier alpha value is -1.55. The second-order valence-electron chi connectivity index (χ2n) is 6.53. The molecule has 0 radical (unpaired) electrons. The molecule has 1 aromatic carbocycles. The largest absolute Gasteiger partial charge is 0.301 e. The van der Waals surface area contributed by atoms with E-state index < -0.39 is 0 Å². The molecule has 3 nitrogen and oxygen atoms in total. The molecule has 4 heteroatoms. The first-order valence-corrected chi connectivity index (χ1v) is 8.69. The molecule has 0 bridgehead atoms. The van der Waals surface area contributed by atoms with Gasteiger partial charge in [-0.2, -0.15) is 0 Å². The number of H-pyrrole nitrogens is 1. The van der Waals surface area contributed by atoms with Gasteiger partial charge in [0.2, 0.25) is 0 Å². The van der Waals surface area contributed by atoms with Crippen LogP contribution >= 0.6 is 11.8 Å². The summed E-state index contributed by atoms with van der Waals surface area (Å²) in [5.74, 6) is 0.808. The Morgan fingerprint density at radius 3 is 2.45 bits per heavy atom. The van der Waals surface area contributed by atoms with E-state index in [0.717, 1.165) is 24.3 Å². The molecule has 1 aromatic heterocycles. The zero-order chi connectivity index (χ0) is 16.2. The lowest BCUT2D eigenvalue weighted by molar-refractivity contribution is 0.590.